The second-order valence-corrected chi connectivity index (χ2v) is 6.33. The van der Waals surface area contributed by atoms with Gasteiger partial charge in [-0.15, -0.1) is 0 Å². The van der Waals surface area contributed by atoms with Crippen molar-refractivity contribution in [1.29, 1.82) is 0 Å². The Morgan fingerprint density at radius 2 is 1.70 bits per heavy atom. The van der Waals surface area contributed by atoms with Crippen LogP contribution in [0.15, 0.2) is 60.8 Å². The van der Waals surface area contributed by atoms with Crippen LogP contribution in [0.25, 0.3) is 27.8 Å². The molecule has 0 N–H and O–H groups in total. The van der Waals surface area contributed by atoms with Crippen LogP contribution < -0.4 is 0 Å². The Labute approximate surface area is 170 Å². The van der Waals surface area contributed by atoms with Gasteiger partial charge in [0.2, 0.25) is 0 Å². The first-order chi connectivity index (χ1) is 14.5. The van der Waals surface area contributed by atoms with Crippen LogP contribution in [0.3, 0.4) is 0 Å². The monoisotopic (exact) mass is 405 g/mol. The molecule has 4 aromatic rings. The van der Waals surface area contributed by atoms with E-state index < -0.39 is 17.8 Å². The molecule has 0 fully saturated rings. The van der Waals surface area contributed by atoms with Gasteiger partial charge in [-0.3, -0.25) is 4.98 Å². The number of rotatable bonds is 4. The van der Waals surface area contributed by atoms with E-state index >= 15 is 4.39 Å². The highest BCUT2D eigenvalue weighted by Gasteiger charge is 2.32. The SMILES string of the molecule is COC(=O)c1c(-c2cc3cccnc3cc2F)nn(-c2ccccc2)c1C(=O)OC. The zero-order valence-corrected chi connectivity index (χ0v) is 16.1. The molecule has 0 atom stereocenters. The van der Waals surface area contributed by atoms with Crippen LogP contribution in [-0.4, -0.2) is 40.9 Å². The van der Waals surface area contributed by atoms with E-state index in [1.807, 2.05) is 0 Å². The van der Waals surface area contributed by atoms with Gasteiger partial charge in [-0.05, 0) is 24.3 Å². The third-order valence-electron chi connectivity index (χ3n) is 4.60. The number of benzene rings is 2. The maximum Gasteiger partial charge on any atom is 0.357 e. The van der Waals surface area contributed by atoms with Crippen molar-refractivity contribution in [3.8, 4) is 16.9 Å². The van der Waals surface area contributed by atoms with Crippen molar-refractivity contribution in [2.75, 3.05) is 14.2 Å². The van der Waals surface area contributed by atoms with Gasteiger partial charge in [0.25, 0.3) is 0 Å². The molecule has 0 aliphatic heterocycles. The first-order valence-electron chi connectivity index (χ1n) is 8.95. The Balaban J connectivity index is 2.07. The lowest BCUT2D eigenvalue weighted by Gasteiger charge is -2.07. The van der Waals surface area contributed by atoms with E-state index in [0.717, 1.165) is 0 Å². The van der Waals surface area contributed by atoms with Crippen molar-refractivity contribution in [1.82, 2.24) is 14.8 Å². The number of nitrogens with zero attached hydrogens (tertiary/aromatic N) is 3. The number of esters is 2. The number of hydrogen-bond donors (Lipinski definition) is 0. The van der Waals surface area contributed by atoms with Gasteiger partial charge in [0.15, 0.2) is 5.69 Å². The molecule has 0 spiro atoms. The third-order valence-corrected chi connectivity index (χ3v) is 4.60. The average Bonchev–Trinajstić information content (AvgIpc) is 3.18. The van der Waals surface area contributed by atoms with Crippen molar-refractivity contribution in [3.05, 3.63) is 77.9 Å². The van der Waals surface area contributed by atoms with Crippen molar-refractivity contribution in [2.24, 2.45) is 0 Å². The predicted molar refractivity (Wildman–Crippen MR) is 107 cm³/mol. The summed E-state index contributed by atoms with van der Waals surface area (Å²) in [6.45, 7) is 0. The number of halogens is 1. The fourth-order valence-corrected chi connectivity index (χ4v) is 3.22. The summed E-state index contributed by atoms with van der Waals surface area (Å²) in [6, 6.07) is 15.0. The van der Waals surface area contributed by atoms with Gasteiger partial charge in [0.05, 0.1) is 25.4 Å². The summed E-state index contributed by atoms with van der Waals surface area (Å²) in [5, 5.41) is 5.06. The van der Waals surface area contributed by atoms with Crippen LogP contribution in [0.1, 0.15) is 20.8 Å². The maximum atomic E-state index is 15.0. The van der Waals surface area contributed by atoms with E-state index in [1.165, 1.54) is 31.0 Å². The summed E-state index contributed by atoms with van der Waals surface area (Å²) in [5.74, 6) is -2.28. The number of carbonyl (C=O) groups is 2. The summed E-state index contributed by atoms with van der Waals surface area (Å²) in [6.07, 6.45) is 1.56. The lowest BCUT2D eigenvalue weighted by molar-refractivity contribution is 0.0549. The van der Waals surface area contributed by atoms with Gasteiger partial charge >= 0.3 is 11.9 Å². The molecule has 2 aromatic carbocycles. The normalized spacial score (nSPS) is 10.8. The molecule has 7 nitrogen and oxygen atoms in total. The van der Waals surface area contributed by atoms with Crippen LogP contribution >= 0.6 is 0 Å². The van der Waals surface area contributed by atoms with Crippen molar-refractivity contribution >= 4 is 22.8 Å². The number of carbonyl (C=O) groups excluding carboxylic acids is 2. The molecule has 0 unspecified atom stereocenters. The zero-order valence-electron chi connectivity index (χ0n) is 16.1. The largest absolute Gasteiger partial charge is 0.465 e. The second kappa shape index (κ2) is 7.75. The van der Waals surface area contributed by atoms with Gasteiger partial charge < -0.3 is 9.47 Å². The number of aromatic nitrogens is 3. The summed E-state index contributed by atoms with van der Waals surface area (Å²) in [7, 11) is 2.36. The minimum atomic E-state index is -0.835. The molecule has 0 aliphatic rings. The highest BCUT2D eigenvalue weighted by atomic mass is 19.1. The standard InChI is InChI=1S/C22H16FN3O4/c1-29-21(27)18-19(15-11-13-7-6-10-24-17(13)12-16(15)23)25-26(20(18)22(28)30-2)14-8-4-3-5-9-14/h3-12H,1-2H3. The van der Waals surface area contributed by atoms with E-state index in [0.29, 0.717) is 16.6 Å². The number of pyridine rings is 1. The molecule has 0 radical (unpaired) electrons. The summed E-state index contributed by atoms with van der Waals surface area (Å²) in [4.78, 5) is 29.4. The Bertz CT molecular complexity index is 1270. The lowest BCUT2D eigenvalue weighted by Crippen LogP contribution is -2.15. The van der Waals surface area contributed by atoms with Crippen LogP contribution in [0.4, 0.5) is 4.39 Å². The highest BCUT2D eigenvalue weighted by Crippen LogP contribution is 2.32. The minimum absolute atomic E-state index is 0.0330. The molecule has 0 aliphatic carbocycles. The first-order valence-corrected chi connectivity index (χ1v) is 8.95. The molecule has 0 saturated heterocycles. The molecule has 30 heavy (non-hydrogen) atoms. The Morgan fingerprint density at radius 1 is 0.967 bits per heavy atom. The van der Waals surface area contributed by atoms with E-state index in [9.17, 15) is 9.59 Å². The molecule has 8 heteroatoms. The highest BCUT2D eigenvalue weighted by molar-refractivity contribution is 6.07. The zero-order chi connectivity index (χ0) is 21.3. The van der Waals surface area contributed by atoms with Crippen molar-refractivity contribution in [3.63, 3.8) is 0 Å². The fourth-order valence-electron chi connectivity index (χ4n) is 3.22. The van der Waals surface area contributed by atoms with E-state index in [4.69, 9.17) is 9.47 Å². The molecule has 0 amide bonds. The third kappa shape index (κ3) is 3.18. The first kappa shape index (κ1) is 19.3. The quantitative estimate of drug-likeness (QED) is 0.480. The molecule has 2 aromatic heterocycles. The van der Waals surface area contributed by atoms with Crippen LogP contribution in [-0.2, 0) is 9.47 Å². The number of fused-ring (bicyclic) bond motifs is 1. The fraction of sp³-hybridized carbons (Fsp3) is 0.0909. The van der Waals surface area contributed by atoms with Crippen molar-refractivity contribution < 1.29 is 23.5 Å². The molecule has 150 valence electrons. The Hall–Kier alpha value is -4.07. The molecule has 0 bridgehead atoms. The number of methoxy groups -OCH3 is 2. The lowest BCUT2D eigenvalue weighted by atomic mass is 10.0. The van der Waals surface area contributed by atoms with Crippen LogP contribution in [0.5, 0.6) is 0 Å². The number of para-hydroxylation sites is 1. The molecular formula is C22H16FN3O4. The van der Waals surface area contributed by atoms with Gasteiger partial charge in [0, 0.05) is 23.2 Å². The summed E-state index contributed by atoms with van der Waals surface area (Å²) >= 11 is 0. The molecule has 4 rings (SSSR count). The second-order valence-electron chi connectivity index (χ2n) is 6.33. The van der Waals surface area contributed by atoms with E-state index in [-0.39, 0.29) is 22.5 Å². The van der Waals surface area contributed by atoms with Gasteiger partial charge in [-0.25, -0.2) is 18.7 Å². The summed E-state index contributed by atoms with van der Waals surface area (Å²) in [5.41, 5.74) is 0.614. The van der Waals surface area contributed by atoms with E-state index in [2.05, 4.69) is 10.1 Å². The smallest absolute Gasteiger partial charge is 0.357 e. The minimum Gasteiger partial charge on any atom is -0.465 e. The molecule has 0 saturated carbocycles. The molecule has 2 heterocycles. The van der Waals surface area contributed by atoms with E-state index in [1.54, 1.807) is 48.7 Å². The predicted octanol–water partition coefficient (Wildman–Crippen LogP) is 3.80. The number of hydrogen-bond acceptors (Lipinski definition) is 6. The van der Waals surface area contributed by atoms with Gasteiger partial charge in [-0.2, -0.15) is 5.10 Å². The van der Waals surface area contributed by atoms with Gasteiger partial charge in [0.1, 0.15) is 17.1 Å². The average molecular weight is 405 g/mol. The summed E-state index contributed by atoms with van der Waals surface area (Å²) < 4.78 is 26.0. The van der Waals surface area contributed by atoms with Crippen LogP contribution in [0.2, 0.25) is 0 Å². The topological polar surface area (TPSA) is 83.3 Å². The van der Waals surface area contributed by atoms with Crippen LogP contribution in [0, 0.1) is 5.82 Å². The van der Waals surface area contributed by atoms with Crippen molar-refractivity contribution in [2.45, 2.75) is 0 Å². The molecular weight excluding hydrogens is 389 g/mol. The van der Waals surface area contributed by atoms with Gasteiger partial charge in [-0.1, -0.05) is 24.3 Å². The maximum absolute atomic E-state index is 15.0. The Kier molecular flexibility index (Phi) is 4.97. The Morgan fingerprint density at radius 3 is 2.40 bits per heavy atom. The number of ether oxygens (including phenoxy) is 2.